The van der Waals surface area contributed by atoms with E-state index in [-0.39, 0.29) is 41.4 Å². The Bertz CT molecular complexity index is 1110. The first-order chi connectivity index (χ1) is 14.8. The van der Waals surface area contributed by atoms with E-state index in [0.717, 1.165) is 24.3 Å². The summed E-state index contributed by atoms with van der Waals surface area (Å²) in [6.07, 6.45) is 0. The molecule has 4 rings (SSSR count). The van der Waals surface area contributed by atoms with Crippen LogP contribution in [-0.4, -0.2) is 25.3 Å². The summed E-state index contributed by atoms with van der Waals surface area (Å²) in [5.74, 6) is -5.33. The van der Waals surface area contributed by atoms with Gasteiger partial charge in [0.05, 0.1) is 5.02 Å². The van der Waals surface area contributed by atoms with Gasteiger partial charge in [-0.1, -0.05) is 11.6 Å². The molecule has 0 spiro atoms. The summed E-state index contributed by atoms with van der Waals surface area (Å²) in [7, 11) is 0. The molecule has 0 bridgehead atoms. The van der Waals surface area contributed by atoms with E-state index in [2.05, 4.69) is 9.98 Å². The molecule has 32 heavy (non-hydrogen) atoms. The Kier molecular flexibility index (Phi) is 6.23. The molecule has 172 valence electrons. The van der Waals surface area contributed by atoms with E-state index in [4.69, 9.17) is 32.5 Å². The van der Waals surface area contributed by atoms with Crippen LogP contribution < -0.4 is 11.5 Å². The summed E-state index contributed by atoms with van der Waals surface area (Å²) < 4.78 is 75.6. The summed E-state index contributed by atoms with van der Waals surface area (Å²) in [6.45, 7) is 3.36. The van der Waals surface area contributed by atoms with Gasteiger partial charge < -0.3 is 20.9 Å². The van der Waals surface area contributed by atoms with Crippen molar-refractivity contribution in [2.45, 2.75) is 24.9 Å². The highest BCUT2D eigenvalue weighted by Gasteiger charge is 2.36. The molecule has 2 aliphatic heterocycles. The van der Waals surface area contributed by atoms with Crippen molar-refractivity contribution in [1.82, 2.24) is 0 Å². The minimum atomic E-state index is -1.50. The average Bonchev–Trinajstić information content (AvgIpc) is 3.25. The summed E-state index contributed by atoms with van der Waals surface area (Å²) in [5.41, 5.74) is 8.96. The van der Waals surface area contributed by atoms with Crippen LogP contribution in [0.2, 0.25) is 5.02 Å². The maximum absolute atomic E-state index is 13.6. The van der Waals surface area contributed by atoms with Gasteiger partial charge in [-0.15, -0.1) is 0 Å². The van der Waals surface area contributed by atoms with Gasteiger partial charge in [0.1, 0.15) is 35.9 Å². The van der Waals surface area contributed by atoms with Crippen molar-refractivity contribution in [2.75, 3.05) is 13.2 Å². The summed E-state index contributed by atoms with van der Waals surface area (Å²) in [6, 6.07) is 3.64. The van der Waals surface area contributed by atoms with E-state index < -0.39 is 40.2 Å². The standard InChI is InChI=1S/C10H9ClF2N2O.C10H9F3N2O/c1-10(4-16-9(14)15-10)5-2-8(13)6(11)3-7(5)12;1-10(4-16-9(14)15-10)5-2-6(11)8(13)7(12)3-5/h2*2-3H,4H2,1H3,(H2,14,15). The van der Waals surface area contributed by atoms with Gasteiger partial charge >= 0.3 is 0 Å². The maximum Gasteiger partial charge on any atom is 0.283 e. The fourth-order valence-corrected chi connectivity index (χ4v) is 3.28. The van der Waals surface area contributed by atoms with Crippen molar-refractivity contribution >= 4 is 23.6 Å². The van der Waals surface area contributed by atoms with E-state index >= 15 is 0 Å². The number of ether oxygens (including phenoxy) is 2. The second kappa shape index (κ2) is 8.45. The van der Waals surface area contributed by atoms with Crippen molar-refractivity contribution in [3.05, 3.63) is 69.5 Å². The number of aliphatic imine (C=N–C) groups is 2. The van der Waals surface area contributed by atoms with Crippen LogP contribution >= 0.6 is 11.6 Å². The molecular formula is C20H18ClF5N4O2. The number of halogens is 6. The SMILES string of the molecule is CC1(c2cc(F)c(Cl)cc2F)COC(N)=N1.CC1(c2cc(F)c(F)c(F)c2)COC(N)=N1. The van der Waals surface area contributed by atoms with Crippen molar-refractivity contribution < 1.29 is 31.4 Å². The van der Waals surface area contributed by atoms with Gasteiger partial charge in [-0.05, 0) is 43.7 Å². The fraction of sp³-hybridized carbons (Fsp3) is 0.300. The van der Waals surface area contributed by atoms with E-state index in [1.807, 2.05) is 0 Å². The maximum atomic E-state index is 13.6. The number of hydrogen-bond acceptors (Lipinski definition) is 6. The van der Waals surface area contributed by atoms with Crippen molar-refractivity contribution in [1.29, 1.82) is 0 Å². The van der Waals surface area contributed by atoms with Gasteiger partial charge in [-0.25, -0.2) is 31.9 Å². The number of rotatable bonds is 2. The lowest BCUT2D eigenvalue weighted by molar-refractivity contribution is 0.262. The van der Waals surface area contributed by atoms with Crippen LogP contribution in [0.15, 0.2) is 34.3 Å². The summed E-state index contributed by atoms with van der Waals surface area (Å²) in [4.78, 5) is 7.86. The minimum absolute atomic E-state index is 0.0303. The van der Waals surface area contributed by atoms with Crippen LogP contribution in [0.4, 0.5) is 22.0 Å². The smallest absolute Gasteiger partial charge is 0.283 e. The van der Waals surface area contributed by atoms with E-state index in [1.165, 1.54) is 0 Å². The van der Waals surface area contributed by atoms with Gasteiger partial charge in [0.2, 0.25) is 0 Å². The molecule has 4 N–H and O–H groups in total. The Morgan fingerprint density at radius 2 is 1.28 bits per heavy atom. The third-order valence-electron chi connectivity index (χ3n) is 4.91. The van der Waals surface area contributed by atoms with E-state index in [0.29, 0.717) is 0 Å². The summed E-state index contributed by atoms with van der Waals surface area (Å²) in [5, 5.41) is -0.263. The highest BCUT2D eigenvalue weighted by Crippen LogP contribution is 2.34. The van der Waals surface area contributed by atoms with Crippen molar-refractivity contribution in [2.24, 2.45) is 21.5 Å². The minimum Gasteiger partial charge on any atom is -0.462 e. The Labute approximate surface area is 184 Å². The van der Waals surface area contributed by atoms with Gasteiger partial charge in [0, 0.05) is 5.56 Å². The topological polar surface area (TPSA) is 95.2 Å². The molecule has 2 aromatic rings. The van der Waals surface area contributed by atoms with Crippen molar-refractivity contribution in [3.63, 3.8) is 0 Å². The third-order valence-corrected chi connectivity index (χ3v) is 5.20. The van der Waals surface area contributed by atoms with Crippen LogP contribution in [0.5, 0.6) is 0 Å². The fourth-order valence-electron chi connectivity index (χ4n) is 3.13. The normalized spacial score (nSPS) is 24.1. The first-order valence-electron chi connectivity index (χ1n) is 9.11. The molecule has 0 amide bonds. The molecule has 0 saturated heterocycles. The predicted molar refractivity (Wildman–Crippen MR) is 108 cm³/mol. The van der Waals surface area contributed by atoms with E-state index in [1.54, 1.807) is 13.8 Å². The lowest BCUT2D eigenvalue weighted by Gasteiger charge is -2.19. The molecule has 2 aromatic carbocycles. The highest BCUT2D eigenvalue weighted by molar-refractivity contribution is 6.30. The van der Waals surface area contributed by atoms with Crippen LogP contribution in [0.1, 0.15) is 25.0 Å². The number of benzene rings is 2. The largest absolute Gasteiger partial charge is 0.462 e. The summed E-state index contributed by atoms with van der Waals surface area (Å²) >= 11 is 5.46. The predicted octanol–water partition coefficient (Wildman–Crippen LogP) is 3.84. The Hall–Kier alpha value is -3.08. The quantitative estimate of drug-likeness (QED) is 0.391. The molecule has 2 aliphatic rings. The first kappa shape index (κ1) is 23.6. The zero-order valence-corrected chi connectivity index (χ0v) is 17.6. The molecule has 6 nitrogen and oxygen atoms in total. The molecule has 0 aromatic heterocycles. The van der Waals surface area contributed by atoms with Gasteiger partial charge in [-0.3, -0.25) is 0 Å². The van der Waals surface area contributed by atoms with Crippen LogP contribution in [0, 0.1) is 29.1 Å². The number of amidine groups is 2. The number of hydrogen-bond donors (Lipinski definition) is 2. The second-order valence-corrected chi connectivity index (χ2v) is 7.93. The lowest BCUT2D eigenvalue weighted by atomic mass is 9.93. The molecule has 0 fully saturated rings. The number of nitrogens with two attached hydrogens (primary N) is 2. The molecule has 12 heteroatoms. The number of nitrogens with zero attached hydrogens (tertiary/aromatic N) is 2. The van der Waals surface area contributed by atoms with E-state index in [9.17, 15) is 22.0 Å². The third kappa shape index (κ3) is 4.57. The van der Waals surface area contributed by atoms with Gasteiger partial charge in [0.25, 0.3) is 12.0 Å². The molecule has 0 aliphatic carbocycles. The van der Waals surface area contributed by atoms with Crippen molar-refractivity contribution in [3.8, 4) is 0 Å². The lowest BCUT2D eigenvalue weighted by Crippen LogP contribution is -2.22. The van der Waals surface area contributed by atoms with Gasteiger partial charge in [0.15, 0.2) is 17.5 Å². The van der Waals surface area contributed by atoms with Crippen LogP contribution in [0.25, 0.3) is 0 Å². The Morgan fingerprint density at radius 3 is 1.75 bits per heavy atom. The molecule has 2 heterocycles. The molecular weight excluding hydrogens is 459 g/mol. The zero-order chi connectivity index (χ0) is 23.8. The highest BCUT2D eigenvalue weighted by atomic mass is 35.5. The molecule has 2 atom stereocenters. The van der Waals surface area contributed by atoms with Crippen LogP contribution in [-0.2, 0) is 20.6 Å². The molecule has 0 saturated carbocycles. The second-order valence-electron chi connectivity index (χ2n) is 7.53. The Balaban J connectivity index is 0.000000181. The first-order valence-corrected chi connectivity index (χ1v) is 9.49. The molecule has 0 radical (unpaired) electrons. The average molecular weight is 477 g/mol. The monoisotopic (exact) mass is 476 g/mol. The van der Waals surface area contributed by atoms with Gasteiger partial charge in [-0.2, -0.15) is 0 Å². The Morgan fingerprint density at radius 1 is 0.781 bits per heavy atom. The zero-order valence-electron chi connectivity index (χ0n) is 16.9. The molecule has 2 unspecified atom stereocenters. The van der Waals surface area contributed by atoms with Crippen LogP contribution in [0.3, 0.4) is 0 Å².